The standard InChI is InChI=1S/C28H35N3O4Si/c1-28(2,3)36(4,5)35-31-23-9-6-19-16-20(7-8-21(19)23)30-25-22-10-13-29-17-24(22)34-27(25)26(32)18-11-14-33-15-12-18/h7-8,10,13,16-18,30H,6,9,11-12,14-15H2,1-5H3. The fourth-order valence-electron chi connectivity index (χ4n) is 4.49. The zero-order chi connectivity index (χ0) is 25.5. The summed E-state index contributed by atoms with van der Waals surface area (Å²) in [6.45, 7) is 12.3. The summed E-state index contributed by atoms with van der Waals surface area (Å²) in [6.07, 6.45) is 6.58. The van der Waals surface area contributed by atoms with Gasteiger partial charge in [0.25, 0.3) is 8.32 Å². The number of nitrogens with one attached hydrogen (secondary N) is 1. The van der Waals surface area contributed by atoms with Gasteiger partial charge in [-0.15, -0.1) is 5.16 Å². The van der Waals surface area contributed by atoms with Crippen molar-refractivity contribution in [2.75, 3.05) is 18.5 Å². The molecule has 1 fully saturated rings. The molecule has 2 aliphatic rings. The van der Waals surface area contributed by atoms with Crippen molar-refractivity contribution >= 4 is 42.2 Å². The lowest BCUT2D eigenvalue weighted by Gasteiger charge is -2.33. The lowest BCUT2D eigenvalue weighted by Crippen LogP contribution is -2.39. The Morgan fingerprint density at radius 1 is 1.17 bits per heavy atom. The van der Waals surface area contributed by atoms with Crippen LogP contribution in [0.2, 0.25) is 18.1 Å². The Morgan fingerprint density at radius 3 is 2.69 bits per heavy atom. The smallest absolute Gasteiger partial charge is 0.286 e. The number of carbonyl (C=O) groups excluding carboxylic acids is 1. The zero-order valence-corrected chi connectivity index (χ0v) is 22.8. The molecular formula is C28H35N3O4Si. The van der Waals surface area contributed by atoms with E-state index >= 15 is 0 Å². The molecule has 36 heavy (non-hydrogen) atoms. The maximum absolute atomic E-state index is 13.4. The Kier molecular flexibility index (Phi) is 6.51. The Bertz CT molecular complexity index is 1320. The van der Waals surface area contributed by atoms with Gasteiger partial charge < -0.3 is 19.0 Å². The van der Waals surface area contributed by atoms with Crippen LogP contribution in [0, 0.1) is 5.92 Å². The molecule has 0 amide bonds. The molecule has 7 nitrogen and oxygen atoms in total. The van der Waals surface area contributed by atoms with E-state index in [1.807, 2.05) is 12.1 Å². The van der Waals surface area contributed by atoms with Gasteiger partial charge in [-0.2, -0.15) is 0 Å². The van der Waals surface area contributed by atoms with E-state index < -0.39 is 8.32 Å². The molecule has 190 valence electrons. The van der Waals surface area contributed by atoms with Crippen molar-refractivity contribution in [2.45, 2.75) is 64.6 Å². The van der Waals surface area contributed by atoms with E-state index in [1.165, 1.54) is 5.56 Å². The van der Waals surface area contributed by atoms with Crippen LogP contribution < -0.4 is 5.32 Å². The number of aromatic nitrogens is 1. The maximum atomic E-state index is 13.4. The van der Waals surface area contributed by atoms with Crippen LogP contribution in [0.3, 0.4) is 0 Å². The first kappa shape index (κ1) is 24.7. The highest BCUT2D eigenvalue weighted by Crippen LogP contribution is 2.38. The van der Waals surface area contributed by atoms with Crippen molar-refractivity contribution in [2.24, 2.45) is 11.1 Å². The predicted molar refractivity (Wildman–Crippen MR) is 145 cm³/mol. The summed E-state index contributed by atoms with van der Waals surface area (Å²) < 4.78 is 17.6. The number of Topliss-reactive ketones (excluding diaryl/α,β-unsaturated/α-hetero) is 1. The summed E-state index contributed by atoms with van der Waals surface area (Å²) in [6, 6.07) is 8.17. The van der Waals surface area contributed by atoms with Crippen molar-refractivity contribution in [3.05, 3.63) is 53.5 Å². The molecule has 0 unspecified atom stereocenters. The first-order valence-corrected chi connectivity index (χ1v) is 15.7. The number of benzene rings is 1. The van der Waals surface area contributed by atoms with Gasteiger partial charge in [0.05, 0.1) is 17.6 Å². The van der Waals surface area contributed by atoms with Gasteiger partial charge in [0.2, 0.25) is 5.78 Å². The lowest BCUT2D eigenvalue weighted by atomic mass is 9.93. The average Bonchev–Trinajstić information content (AvgIpc) is 3.43. The number of ketones is 1. The number of hydrogen-bond donors (Lipinski definition) is 1. The minimum absolute atomic E-state index is 0.0235. The van der Waals surface area contributed by atoms with Crippen LogP contribution in [-0.2, 0) is 15.7 Å². The first-order valence-electron chi connectivity index (χ1n) is 12.8. The molecule has 2 aromatic heterocycles. The highest BCUT2D eigenvalue weighted by molar-refractivity contribution is 6.74. The minimum Gasteiger partial charge on any atom is -0.455 e. The Balaban J connectivity index is 1.42. The molecule has 1 aromatic carbocycles. The quantitative estimate of drug-likeness (QED) is 0.224. The van der Waals surface area contributed by atoms with Gasteiger partial charge in [-0.25, -0.2) is 0 Å². The van der Waals surface area contributed by atoms with Crippen LogP contribution in [-0.4, -0.2) is 38.0 Å². The molecule has 0 bridgehead atoms. The van der Waals surface area contributed by atoms with E-state index in [-0.39, 0.29) is 16.7 Å². The van der Waals surface area contributed by atoms with Gasteiger partial charge >= 0.3 is 0 Å². The zero-order valence-electron chi connectivity index (χ0n) is 21.8. The second-order valence-corrected chi connectivity index (χ2v) is 16.0. The molecular weight excluding hydrogens is 470 g/mol. The summed E-state index contributed by atoms with van der Waals surface area (Å²) in [5.74, 6) is 0.304. The third-order valence-corrected chi connectivity index (χ3v) is 12.0. The minimum atomic E-state index is -1.96. The molecule has 0 radical (unpaired) electrons. The SMILES string of the molecule is CC(C)(C)[Si](C)(C)ON=C1CCc2cc(Nc3c(C(=O)C4CCOCC4)oc4cnccc34)ccc21. The number of hydrogen-bond acceptors (Lipinski definition) is 7. The molecule has 0 spiro atoms. The normalized spacial score (nSPS) is 18.0. The highest BCUT2D eigenvalue weighted by atomic mass is 28.4. The second kappa shape index (κ2) is 9.48. The number of nitrogens with zero attached hydrogens (tertiary/aromatic N) is 2. The molecule has 1 N–H and O–H groups in total. The van der Waals surface area contributed by atoms with Crippen molar-refractivity contribution in [3.63, 3.8) is 0 Å². The summed E-state index contributed by atoms with van der Waals surface area (Å²) in [4.78, 5) is 17.6. The monoisotopic (exact) mass is 505 g/mol. The van der Waals surface area contributed by atoms with Crippen molar-refractivity contribution < 1.29 is 18.5 Å². The Hall–Kier alpha value is -2.97. The third kappa shape index (κ3) is 4.71. The number of oxime groups is 1. The molecule has 1 aliphatic heterocycles. The van der Waals surface area contributed by atoms with Gasteiger partial charge in [0, 0.05) is 42.0 Å². The number of fused-ring (bicyclic) bond motifs is 2. The molecule has 5 rings (SSSR count). The summed E-state index contributed by atoms with van der Waals surface area (Å²) in [5, 5.41) is 9.08. The summed E-state index contributed by atoms with van der Waals surface area (Å²) >= 11 is 0. The number of furan rings is 1. The number of anilines is 2. The van der Waals surface area contributed by atoms with Crippen LogP contribution >= 0.6 is 0 Å². The first-order chi connectivity index (χ1) is 17.1. The second-order valence-electron chi connectivity index (χ2n) is 11.3. The molecule has 1 aliphatic carbocycles. The molecule has 0 saturated carbocycles. The third-order valence-electron chi connectivity index (χ3n) is 7.82. The van der Waals surface area contributed by atoms with Crippen LogP contribution in [0.25, 0.3) is 11.0 Å². The number of rotatable bonds is 6. The fraction of sp³-hybridized carbons (Fsp3) is 0.464. The van der Waals surface area contributed by atoms with Gasteiger partial charge in [0.15, 0.2) is 11.3 Å². The number of carbonyl (C=O) groups is 1. The van der Waals surface area contributed by atoms with Crippen LogP contribution in [0.15, 0.2) is 46.2 Å². The van der Waals surface area contributed by atoms with Gasteiger partial charge in [-0.05, 0) is 67.6 Å². The largest absolute Gasteiger partial charge is 0.455 e. The maximum Gasteiger partial charge on any atom is 0.286 e. The Morgan fingerprint density at radius 2 is 1.94 bits per heavy atom. The topological polar surface area (TPSA) is 86.0 Å². The van der Waals surface area contributed by atoms with E-state index in [9.17, 15) is 4.79 Å². The van der Waals surface area contributed by atoms with Crippen molar-refractivity contribution in [1.29, 1.82) is 0 Å². The number of aryl methyl sites for hydroxylation is 1. The highest BCUT2D eigenvalue weighted by Gasteiger charge is 2.40. The summed E-state index contributed by atoms with van der Waals surface area (Å²) in [7, 11) is -1.96. The Labute approximate surface area is 213 Å². The van der Waals surface area contributed by atoms with Crippen LogP contribution in [0.1, 0.15) is 61.7 Å². The van der Waals surface area contributed by atoms with Gasteiger partial charge in [-0.3, -0.25) is 9.78 Å². The molecule has 3 aromatic rings. The van der Waals surface area contributed by atoms with Gasteiger partial charge in [-0.1, -0.05) is 26.8 Å². The molecule has 8 heteroatoms. The molecule has 1 saturated heterocycles. The average molecular weight is 506 g/mol. The predicted octanol–water partition coefficient (Wildman–Crippen LogP) is 6.85. The molecule has 0 atom stereocenters. The van der Waals surface area contributed by atoms with Crippen LogP contribution in [0.5, 0.6) is 0 Å². The van der Waals surface area contributed by atoms with Crippen molar-refractivity contribution in [3.8, 4) is 0 Å². The lowest BCUT2D eigenvalue weighted by molar-refractivity contribution is 0.0529. The van der Waals surface area contributed by atoms with Crippen molar-refractivity contribution in [1.82, 2.24) is 4.98 Å². The van der Waals surface area contributed by atoms with E-state index in [2.05, 4.69) is 61.5 Å². The van der Waals surface area contributed by atoms with E-state index in [4.69, 9.17) is 13.7 Å². The number of pyridine rings is 1. The van der Waals surface area contributed by atoms with Crippen LogP contribution in [0.4, 0.5) is 11.4 Å². The van der Waals surface area contributed by atoms with Gasteiger partial charge in [0.1, 0.15) is 0 Å². The van der Waals surface area contributed by atoms with E-state index in [1.54, 1.807) is 12.4 Å². The molecule has 3 heterocycles. The number of ether oxygens (including phenoxy) is 1. The van der Waals surface area contributed by atoms with E-state index in [0.29, 0.717) is 43.1 Å². The fourth-order valence-corrected chi connectivity index (χ4v) is 5.10. The van der Waals surface area contributed by atoms with E-state index in [0.717, 1.165) is 35.2 Å². The summed E-state index contributed by atoms with van der Waals surface area (Å²) in [5.41, 5.74) is 5.60.